The number of nitrogens with zero attached hydrogens (tertiary/aromatic N) is 7. The van der Waals surface area contributed by atoms with Gasteiger partial charge in [0.25, 0.3) is 0 Å². The summed E-state index contributed by atoms with van der Waals surface area (Å²) in [4.78, 5) is 13.7. The fourth-order valence-corrected chi connectivity index (χ4v) is 3.88. The second kappa shape index (κ2) is 4.99. The number of piperazine rings is 1. The van der Waals surface area contributed by atoms with Crippen molar-refractivity contribution in [1.82, 2.24) is 29.5 Å². The molecule has 0 amide bonds. The van der Waals surface area contributed by atoms with Crippen LogP contribution in [0, 0.1) is 0 Å². The molecular formula is C16H17N7. The lowest BCUT2D eigenvalue weighted by atomic mass is 10.2. The van der Waals surface area contributed by atoms with E-state index in [0.29, 0.717) is 12.1 Å². The summed E-state index contributed by atoms with van der Waals surface area (Å²) < 4.78 is 1.93. The molecule has 2 saturated heterocycles. The largest absolute Gasteiger partial charge is 0.348 e. The summed E-state index contributed by atoms with van der Waals surface area (Å²) in [5.41, 5.74) is 2.13. The highest BCUT2D eigenvalue weighted by Crippen LogP contribution is 2.35. The number of likely N-dealkylation sites (tertiary alicyclic amines) is 1. The van der Waals surface area contributed by atoms with E-state index in [1.807, 2.05) is 35.3 Å². The molecule has 2 bridgehead atoms. The Balaban J connectivity index is 1.37. The number of hydrogen-bond donors (Lipinski definition) is 0. The van der Waals surface area contributed by atoms with Crippen molar-refractivity contribution in [2.45, 2.75) is 25.0 Å². The van der Waals surface area contributed by atoms with E-state index >= 15 is 0 Å². The smallest absolute Gasteiger partial charge is 0.203 e. The maximum absolute atomic E-state index is 4.56. The number of fused-ring (bicyclic) bond motifs is 3. The number of pyridine rings is 1. The van der Waals surface area contributed by atoms with Crippen LogP contribution >= 0.6 is 0 Å². The molecule has 2 fully saturated rings. The molecule has 0 aromatic carbocycles. The van der Waals surface area contributed by atoms with E-state index in [9.17, 15) is 0 Å². The molecule has 116 valence electrons. The Hall–Kier alpha value is -2.54. The van der Waals surface area contributed by atoms with Crippen LogP contribution in [0.1, 0.15) is 12.0 Å². The Morgan fingerprint density at radius 2 is 2.17 bits per heavy atom. The van der Waals surface area contributed by atoms with E-state index in [1.165, 1.54) is 12.0 Å². The van der Waals surface area contributed by atoms with Crippen molar-refractivity contribution in [1.29, 1.82) is 0 Å². The van der Waals surface area contributed by atoms with Crippen LogP contribution in [-0.4, -0.2) is 54.6 Å². The van der Waals surface area contributed by atoms with Crippen molar-refractivity contribution >= 4 is 11.5 Å². The van der Waals surface area contributed by atoms with Crippen LogP contribution < -0.4 is 4.90 Å². The van der Waals surface area contributed by atoms with E-state index in [0.717, 1.165) is 31.1 Å². The molecule has 0 spiro atoms. The third kappa shape index (κ3) is 2.08. The summed E-state index contributed by atoms with van der Waals surface area (Å²) in [5, 5.41) is 8.22. The summed E-state index contributed by atoms with van der Waals surface area (Å²) in [6.07, 6.45) is 10.4. The van der Waals surface area contributed by atoms with E-state index in [-0.39, 0.29) is 0 Å². The van der Waals surface area contributed by atoms with Gasteiger partial charge < -0.3 is 4.90 Å². The van der Waals surface area contributed by atoms with Crippen molar-refractivity contribution in [2.75, 3.05) is 18.0 Å². The average molecular weight is 307 g/mol. The molecule has 7 nitrogen and oxygen atoms in total. The standard InChI is InChI=1S/C16H17N7/c1-2-12(7-17-3-1)8-22-9-14-6-13(22)10-23(14)15-16-20-19-11-21(16)5-4-18-15/h1-5,7,11,13-14H,6,8-10H2. The molecule has 0 aliphatic carbocycles. The van der Waals surface area contributed by atoms with Crippen LogP contribution in [0.25, 0.3) is 5.65 Å². The number of aromatic nitrogens is 5. The number of rotatable bonds is 3. The van der Waals surface area contributed by atoms with Gasteiger partial charge in [-0.05, 0) is 18.1 Å². The van der Waals surface area contributed by atoms with Crippen LogP contribution in [0.15, 0.2) is 43.2 Å². The van der Waals surface area contributed by atoms with Gasteiger partial charge in [-0.1, -0.05) is 6.07 Å². The van der Waals surface area contributed by atoms with Gasteiger partial charge in [0.05, 0.1) is 0 Å². The minimum absolute atomic E-state index is 0.507. The Labute approximate surface area is 133 Å². The van der Waals surface area contributed by atoms with Gasteiger partial charge in [-0.3, -0.25) is 14.3 Å². The minimum atomic E-state index is 0.507. The van der Waals surface area contributed by atoms with Gasteiger partial charge in [0.15, 0.2) is 5.82 Å². The monoisotopic (exact) mass is 307 g/mol. The molecule has 2 unspecified atom stereocenters. The molecular weight excluding hydrogens is 290 g/mol. The molecule has 2 aliphatic heterocycles. The maximum Gasteiger partial charge on any atom is 0.203 e. The van der Waals surface area contributed by atoms with Gasteiger partial charge in [0.2, 0.25) is 5.65 Å². The SMILES string of the molecule is c1cncc(CN2CC3CC2CN3c2nccn3cnnc23)c1. The topological polar surface area (TPSA) is 62.5 Å². The molecule has 5 heterocycles. The zero-order chi connectivity index (χ0) is 15.2. The van der Waals surface area contributed by atoms with E-state index < -0.39 is 0 Å². The minimum Gasteiger partial charge on any atom is -0.348 e. The molecule has 2 atom stereocenters. The quantitative estimate of drug-likeness (QED) is 0.719. The Morgan fingerprint density at radius 1 is 1.17 bits per heavy atom. The highest BCUT2D eigenvalue weighted by Gasteiger charge is 2.44. The van der Waals surface area contributed by atoms with Crippen LogP contribution in [0.2, 0.25) is 0 Å². The molecule has 7 heteroatoms. The van der Waals surface area contributed by atoms with Crippen LogP contribution in [0.3, 0.4) is 0 Å². The third-order valence-electron chi connectivity index (χ3n) is 4.93. The first-order chi connectivity index (χ1) is 11.4. The average Bonchev–Trinajstić information content (AvgIpc) is 3.30. The summed E-state index contributed by atoms with van der Waals surface area (Å²) in [7, 11) is 0. The molecule has 0 N–H and O–H groups in total. The second-order valence-electron chi connectivity index (χ2n) is 6.30. The Kier molecular flexibility index (Phi) is 2.81. The highest BCUT2D eigenvalue weighted by molar-refractivity contribution is 5.64. The maximum atomic E-state index is 4.56. The Bertz CT molecular complexity index is 831. The van der Waals surface area contributed by atoms with E-state index in [4.69, 9.17) is 0 Å². The fourth-order valence-electron chi connectivity index (χ4n) is 3.88. The van der Waals surface area contributed by atoms with Gasteiger partial charge in [-0.2, -0.15) is 0 Å². The Morgan fingerprint density at radius 3 is 3.00 bits per heavy atom. The summed E-state index contributed by atoms with van der Waals surface area (Å²) >= 11 is 0. The molecule has 23 heavy (non-hydrogen) atoms. The van der Waals surface area contributed by atoms with Gasteiger partial charge in [-0.25, -0.2) is 4.98 Å². The number of hydrogen-bond acceptors (Lipinski definition) is 6. The first kappa shape index (κ1) is 13.0. The van der Waals surface area contributed by atoms with E-state index in [1.54, 1.807) is 6.33 Å². The zero-order valence-electron chi connectivity index (χ0n) is 12.7. The van der Waals surface area contributed by atoms with Crippen molar-refractivity contribution in [3.05, 3.63) is 48.8 Å². The van der Waals surface area contributed by atoms with Crippen molar-refractivity contribution < 1.29 is 0 Å². The zero-order valence-corrected chi connectivity index (χ0v) is 12.7. The predicted octanol–water partition coefficient (Wildman–Crippen LogP) is 0.982. The third-order valence-corrected chi connectivity index (χ3v) is 4.93. The normalized spacial score (nSPS) is 23.9. The van der Waals surface area contributed by atoms with Crippen molar-refractivity contribution in [3.63, 3.8) is 0 Å². The fraction of sp³-hybridized carbons (Fsp3) is 0.375. The first-order valence-electron chi connectivity index (χ1n) is 7.92. The van der Waals surface area contributed by atoms with Crippen LogP contribution in [0.5, 0.6) is 0 Å². The van der Waals surface area contributed by atoms with Crippen molar-refractivity contribution in [3.8, 4) is 0 Å². The summed E-state index contributed by atoms with van der Waals surface area (Å²) in [5.74, 6) is 0.957. The highest BCUT2D eigenvalue weighted by atomic mass is 15.4. The van der Waals surface area contributed by atoms with E-state index in [2.05, 4.69) is 36.0 Å². The number of anilines is 1. The van der Waals surface area contributed by atoms with Gasteiger partial charge >= 0.3 is 0 Å². The van der Waals surface area contributed by atoms with Crippen molar-refractivity contribution in [2.24, 2.45) is 0 Å². The lowest BCUT2D eigenvalue weighted by Gasteiger charge is -2.34. The lowest BCUT2D eigenvalue weighted by molar-refractivity contribution is 0.230. The molecule has 0 radical (unpaired) electrons. The van der Waals surface area contributed by atoms with Crippen LogP contribution in [0.4, 0.5) is 5.82 Å². The van der Waals surface area contributed by atoms with Crippen LogP contribution in [-0.2, 0) is 6.54 Å². The summed E-state index contributed by atoms with van der Waals surface area (Å²) in [6, 6.07) is 5.23. The molecule has 2 aliphatic rings. The lowest BCUT2D eigenvalue weighted by Crippen LogP contribution is -2.46. The van der Waals surface area contributed by atoms with Gasteiger partial charge in [0.1, 0.15) is 6.33 Å². The molecule has 5 rings (SSSR count). The molecule has 3 aromatic rings. The summed E-state index contributed by atoms with van der Waals surface area (Å²) in [6.45, 7) is 3.05. The van der Waals surface area contributed by atoms with Gasteiger partial charge in [0, 0.05) is 56.5 Å². The molecule has 0 saturated carbocycles. The molecule has 3 aromatic heterocycles. The second-order valence-corrected chi connectivity index (χ2v) is 6.30. The predicted molar refractivity (Wildman–Crippen MR) is 85.0 cm³/mol. The van der Waals surface area contributed by atoms with Gasteiger partial charge in [-0.15, -0.1) is 10.2 Å². The first-order valence-corrected chi connectivity index (χ1v) is 7.92.